The predicted molar refractivity (Wildman–Crippen MR) is 68.1 cm³/mol. The van der Waals surface area contributed by atoms with Crippen LogP contribution in [0.25, 0.3) is 0 Å². The number of aryl methyl sites for hydroxylation is 2. The van der Waals surface area contributed by atoms with Crippen molar-refractivity contribution in [2.24, 2.45) is 0 Å². The number of hydrogen-bond acceptors (Lipinski definition) is 3. The third kappa shape index (κ3) is 2.55. The number of carbonyl (C=O) groups excluding carboxylic acids is 1. The van der Waals surface area contributed by atoms with Crippen LogP contribution in [0, 0.1) is 13.8 Å². The van der Waals surface area contributed by atoms with Gasteiger partial charge in [-0.2, -0.15) is 0 Å². The van der Waals surface area contributed by atoms with Crippen LogP contribution in [0.3, 0.4) is 0 Å². The summed E-state index contributed by atoms with van der Waals surface area (Å²) in [6.45, 7) is 3.66. The molecule has 2 aromatic rings. The summed E-state index contributed by atoms with van der Waals surface area (Å²) < 4.78 is 5.86. The Morgan fingerprint density at radius 1 is 1.47 bits per heavy atom. The van der Waals surface area contributed by atoms with Crippen LogP contribution < -0.4 is 5.32 Å². The third-order valence-electron chi connectivity index (χ3n) is 2.38. The number of nitrogens with zero attached hydrogens (tertiary/aromatic N) is 1. The van der Waals surface area contributed by atoms with Crippen LogP contribution in [-0.4, -0.2) is 10.9 Å². The van der Waals surface area contributed by atoms with Gasteiger partial charge in [0.25, 0.3) is 5.91 Å². The minimum absolute atomic E-state index is 0.195. The van der Waals surface area contributed by atoms with Crippen molar-refractivity contribution < 1.29 is 9.21 Å². The molecule has 0 aromatic carbocycles. The molecule has 1 amide bonds. The van der Waals surface area contributed by atoms with E-state index in [4.69, 9.17) is 4.42 Å². The molecular formula is C12H11BrN2O2. The highest BCUT2D eigenvalue weighted by Gasteiger charge is 2.11. The zero-order valence-corrected chi connectivity index (χ0v) is 11.0. The minimum Gasteiger partial charge on any atom is -0.469 e. The van der Waals surface area contributed by atoms with Gasteiger partial charge in [-0.05, 0) is 47.5 Å². The summed E-state index contributed by atoms with van der Waals surface area (Å²) in [5.74, 6) is 0.407. The number of pyridine rings is 1. The van der Waals surface area contributed by atoms with Crippen molar-refractivity contribution in [3.05, 3.63) is 46.1 Å². The Hall–Kier alpha value is -1.62. The van der Waals surface area contributed by atoms with E-state index < -0.39 is 0 Å². The van der Waals surface area contributed by atoms with E-state index in [9.17, 15) is 4.79 Å². The smallest absolute Gasteiger partial charge is 0.259 e. The fourth-order valence-corrected chi connectivity index (χ4v) is 1.66. The van der Waals surface area contributed by atoms with E-state index in [-0.39, 0.29) is 5.91 Å². The first-order valence-corrected chi connectivity index (χ1v) is 5.85. The second-order valence-electron chi connectivity index (χ2n) is 3.68. The van der Waals surface area contributed by atoms with Crippen LogP contribution in [0.15, 0.2) is 33.6 Å². The summed E-state index contributed by atoms with van der Waals surface area (Å²) in [5, 5.41) is 2.77. The number of furan rings is 1. The van der Waals surface area contributed by atoms with Gasteiger partial charge in [-0.25, -0.2) is 4.98 Å². The van der Waals surface area contributed by atoms with Gasteiger partial charge in [0.1, 0.15) is 10.4 Å². The normalized spacial score (nSPS) is 10.3. The maximum absolute atomic E-state index is 11.9. The number of halogens is 1. The molecule has 2 rings (SSSR count). The first-order chi connectivity index (χ1) is 8.08. The lowest BCUT2D eigenvalue weighted by Crippen LogP contribution is -2.12. The fourth-order valence-electron chi connectivity index (χ4n) is 1.45. The monoisotopic (exact) mass is 294 g/mol. The Morgan fingerprint density at radius 3 is 2.82 bits per heavy atom. The molecule has 0 fully saturated rings. The Balaban J connectivity index is 2.19. The first kappa shape index (κ1) is 11.9. The van der Waals surface area contributed by atoms with Crippen molar-refractivity contribution in [1.82, 2.24) is 4.98 Å². The number of nitrogens with one attached hydrogen (secondary N) is 1. The van der Waals surface area contributed by atoms with Gasteiger partial charge < -0.3 is 9.73 Å². The van der Waals surface area contributed by atoms with Crippen molar-refractivity contribution in [1.29, 1.82) is 0 Å². The highest BCUT2D eigenvalue weighted by Crippen LogP contribution is 2.18. The average Bonchev–Trinajstić information content (AvgIpc) is 2.70. The molecule has 0 saturated heterocycles. The van der Waals surface area contributed by atoms with Crippen LogP contribution >= 0.6 is 15.9 Å². The highest BCUT2D eigenvalue weighted by atomic mass is 79.9. The molecule has 0 unspecified atom stereocenters. The van der Waals surface area contributed by atoms with Crippen molar-refractivity contribution in [2.45, 2.75) is 13.8 Å². The van der Waals surface area contributed by atoms with Gasteiger partial charge in [0, 0.05) is 0 Å². The molecule has 0 spiro atoms. The largest absolute Gasteiger partial charge is 0.469 e. The highest BCUT2D eigenvalue weighted by molar-refractivity contribution is 9.10. The maximum Gasteiger partial charge on any atom is 0.259 e. The maximum atomic E-state index is 11.9. The molecule has 88 valence electrons. The van der Waals surface area contributed by atoms with Crippen molar-refractivity contribution >= 4 is 27.5 Å². The van der Waals surface area contributed by atoms with Crippen molar-refractivity contribution in [3.8, 4) is 0 Å². The standard InChI is InChI=1S/C12H11BrN2O2/c1-7-5-9(6-14-11(7)13)15-12(16)10-3-4-17-8(10)2/h3-6H,1-2H3,(H,15,16). The minimum atomic E-state index is -0.195. The van der Waals surface area contributed by atoms with Gasteiger partial charge >= 0.3 is 0 Å². The fraction of sp³-hybridized carbons (Fsp3) is 0.167. The van der Waals surface area contributed by atoms with E-state index in [1.165, 1.54) is 6.26 Å². The quantitative estimate of drug-likeness (QED) is 0.865. The second kappa shape index (κ2) is 4.71. The van der Waals surface area contributed by atoms with Gasteiger partial charge in [-0.1, -0.05) is 0 Å². The molecule has 0 saturated carbocycles. The summed E-state index contributed by atoms with van der Waals surface area (Å²) in [6.07, 6.45) is 3.10. The average molecular weight is 295 g/mol. The van der Waals surface area contributed by atoms with Crippen LogP contribution in [0.4, 0.5) is 5.69 Å². The van der Waals surface area contributed by atoms with E-state index in [0.717, 1.165) is 10.2 Å². The SMILES string of the molecule is Cc1cc(NC(=O)c2ccoc2C)cnc1Br. The molecule has 0 radical (unpaired) electrons. The number of anilines is 1. The zero-order valence-electron chi connectivity index (χ0n) is 9.45. The second-order valence-corrected chi connectivity index (χ2v) is 4.43. The molecule has 1 N–H and O–H groups in total. The topological polar surface area (TPSA) is 55.1 Å². The molecule has 2 aromatic heterocycles. The molecule has 2 heterocycles. The Bertz CT molecular complexity index is 563. The molecule has 0 aliphatic carbocycles. The summed E-state index contributed by atoms with van der Waals surface area (Å²) in [5.41, 5.74) is 2.16. The van der Waals surface area contributed by atoms with Gasteiger partial charge in [-0.15, -0.1) is 0 Å². The summed E-state index contributed by atoms with van der Waals surface area (Å²) in [7, 11) is 0. The van der Waals surface area contributed by atoms with E-state index >= 15 is 0 Å². The van der Waals surface area contributed by atoms with Gasteiger partial charge in [0.05, 0.1) is 23.7 Å². The molecular weight excluding hydrogens is 284 g/mol. The van der Waals surface area contributed by atoms with Crippen LogP contribution in [0.1, 0.15) is 21.7 Å². The van der Waals surface area contributed by atoms with Gasteiger partial charge in [0.2, 0.25) is 0 Å². The number of amides is 1. The molecule has 0 atom stereocenters. The molecule has 0 bridgehead atoms. The Morgan fingerprint density at radius 2 is 2.24 bits per heavy atom. The summed E-state index contributed by atoms with van der Waals surface area (Å²) in [6, 6.07) is 3.49. The Labute approximate surface area is 107 Å². The van der Waals surface area contributed by atoms with E-state index in [0.29, 0.717) is 17.0 Å². The zero-order chi connectivity index (χ0) is 12.4. The Kier molecular flexibility index (Phi) is 3.28. The number of rotatable bonds is 2. The number of hydrogen-bond donors (Lipinski definition) is 1. The molecule has 0 aliphatic heterocycles. The summed E-state index contributed by atoms with van der Waals surface area (Å²) >= 11 is 3.31. The third-order valence-corrected chi connectivity index (χ3v) is 3.21. The number of aromatic nitrogens is 1. The molecule has 17 heavy (non-hydrogen) atoms. The van der Waals surface area contributed by atoms with Crippen molar-refractivity contribution in [3.63, 3.8) is 0 Å². The van der Waals surface area contributed by atoms with Gasteiger partial charge in [-0.3, -0.25) is 4.79 Å². The molecule has 0 aliphatic rings. The van der Waals surface area contributed by atoms with Crippen LogP contribution in [0.5, 0.6) is 0 Å². The van der Waals surface area contributed by atoms with E-state index in [1.807, 2.05) is 13.0 Å². The van der Waals surface area contributed by atoms with Gasteiger partial charge in [0.15, 0.2) is 0 Å². The lowest BCUT2D eigenvalue weighted by molar-refractivity contribution is 0.102. The van der Waals surface area contributed by atoms with Crippen LogP contribution in [-0.2, 0) is 0 Å². The lowest BCUT2D eigenvalue weighted by Gasteiger charge is -2.05. The predicted octanol–water partition coefficient (Wildman–Crippen LogP) is 3.31. The van der Waals surface area contributed by atoms with E-state index in [1.54, 1.807) is 19.2 Å². The molecule has 5 heteroatoms. The van der Waals surface area contributed by atoms with E-state index in [2.05, 4.69) is 26.2 Å². The number of carbonyl (C=O) groups is 1. The van der Waals surface area contributed by atoms with Crippen molar-refractivity contribution in [2.75, 3.05) is 5.32 Å². The lowest BCUT2D eigenvalue weighted by atomic mass is 10.2. The summed E-state index contributed by atoms with van der Waals surface area (Å²) in [4.78, 5) is 16.0. The molecule has 4 nitrogen and oxygen atoms in total. The van der Waals surface area contributed by atoms with Crippen LogP contribution in [0.2, 0.25) is 0 Å². The first-order valence-electron chi connectivity index (χ1n) is 5.05.